The van der Waals surface area contributed by atoms with Crippen molar-refractivity contribution in [1.29, 1.82) is 0 Å². The first-order chi connectivity index (χ1) is 16.1. The summed E-state index contributed by atoms with van der Waals surface area (Å²) >= 11 is 0. The zero-order valence-electron chi connectivity index (χ0n) is 20.2. The summed E-state index contributed by atoms with van der Waals surface area (Å²) in [5.74, 6) is 1.89. The molecule has 2 aliphatic rings. The number of aromatic nitrogens is 3. The molecule has 2 aromatic rings. The largest absolute Gasteiger partial charge is 0.360 e. The Kier molecular flexibility index (Phi) is 7.36. The zero-order valence-corrected chi connectivity index (χ0v) is 21.0. The lowest BCUT2D eigenvalue weighted by molar-refractivity contribution is -0.134. The van der Waals surface area contributed by atoms with Crippen LogP contribution in [0.4, 0.5) is 0 Å². The Hall–Kier alpha value is -2.35. The molecule has 0 atom stereocenters. The molecule has 2 fully saturated rings. The van der Waals surface area contributed by atoms with Crippen LogP contribution in [0.5, 0.6) is 0 Å². The van der Waals surface area contributed by atoms with E-state index < -0.39 is 10.0 Å². The molecule has 4 rings (SSSR count). The lowest BCUT2D eigenvalue weighted by Gasteiger charge is -2.37. The number of sulfonamides is 1. The second-order valence-corrected chi connectivity index (χ2v) is 11.1. The van der Waals surface area contributed by atoms with E-state index in [2.05, 4.69) is 25.1 Å². The van der Waals surface area contributed by atoms with Crippen LogP contribution in [0.1, 0.15) is 42.9 Å². The lowest BCUT2D eigenvalue weighted by Crippen LogP contribution is -2.54. The molecule has 0 aliphatic carbocycles. The summed E-state index contributed by atoms with van der Waals surface area (Å²) in [6.07, 6.45) is 0. The minimum Gasteiger partial charge on any atom is -0.360 e. The van der Waals surface area contributed by atoms with Gasteiger partial charge in [-0.1, -0.05) is 24.2 Å². The molecule has 0 radical (unpaired) electrons. The van der Waals surface area contributed by atoms with E-state index in [1.54, 1.807) is 18.7 Å². The van der Waals surface area contributed by atoms with Crippen LogP contribution in [0.3, 0.4) is 0 Å². The first-order valence-corrected chi connectivity index (χ1v) is 13.1. The molecule has 188 valence electrons. The Morgan fingerprint density at radius 3 is 2.15 bits per heavy atom. The number of amides is 1. The number of carbonyl (C=O) groups excluding carboxylic acids is 1. The monoisotopic (exact) mass is 495 g/mol. The number of hydrogen-bond donors (Lipinski definition) is 0. The minimum atomic E-state index is -3.69. The van der Waals surface area contributed by atoms with Gasteiger partial charge in [0.15, 0.2) is 11.6 Å². The third-order valence-electron chi connectivity index (χ3n) is 6.34. The predicted molar refractivity (Wildman–Crippen MR) is 121 cm³/mol. The number of rotatable bonds is 7. The molecule has 2 aliphatic heterocycles. The van der Waals surface area contributed by atoms with Crippen LogP contribution in [0.25, 0.3) is 0 Å². The third kappa shape index (κ3) is 5.32. The molecule has 2 aromatic heterocycles. The molecule has 13 heteroatoms. The van der Waals surface area contributed by atoms with Gasteiger partial charge in [0, 0.05) is 58.3 Å². The number of hydrogen-bond acceptors (Lipinski definition) is 10. The highest BCUT2D eigenvalue weighted by Gasteiger charge is 2.34. The van der Waals surface area contributed by atoms with Crippen molar-refractivity contribution in [2.75, 3.05) is 58.9 Å². The van der Waals surface area contributed by atoms with Crippen molar-refractivity contribution in [1.82, 2.24) is 34.3 Å². The first-order valence-electron chi connectivity index (χ1n) is 11.6. The van der Waals surface area contributed by atoms with Crippen LogP contribution < -0.4 is 0 Å². The smallest absolute Gasteiger partial charge is 0.248 e. The normalized spacial score (nSPS) is 19.3. The van der Waals surface area contributed by atoms with Gasteiger partial charge in [-0.2, -0.15) is 9.29 Å². The van der Waals surface area contributed by atoms with Crippen LogP contribution in [0.2, 0.25) is 0 Å². The number of piperazine rings is 2. The average Bonchev–Trinajstić information content (AvgIpc) is 3.41. The van der Waals surface area contributed by atoms with Crippen LogP contribution in [0, 0.1) is 13.8 Å². The quantitative estimate of drug-likeness (QED) is 0.534. The molecule has 1 amide bonds. The Morgan fingerprint density at radius 1 is 0.941 bits per heavy atom. The molecular formula is C21H33N7O5S. The topological polar surface area (TPSA) is 129 Å². The summed E-state index contributed by atoms with van der Waals surface area (Å²) < 4.78 is 37.7. The van der Waals surface area contributed by atoms with Gasteiger partial charge < -0.3 is 13.9 Å². The van der Waals surface area contributed by atoms with Crippen molar-refractivity contribution in [3.05, 3.63) is 23.2 Å². The Balaban J connectivity index is 1.22. The van der Waals surface area contributed by atoms with Crippen LogP contribution in [0.15, 0.2) is 13.9 Å². The highest BCUT2D eigenvalue weighted by Crippen LogP contribution is 2.24. The first kappa shape index (κ1) is 24.8. The molecule has 0 bridgehead atoms. The maximum atomic E-state index is 13.0. The fraction of sp³-hybridized carbons (Fsp3) is 0.714. The number of carbonyl (C=O) groups is 1. The molecule has 34 heavy (non-hydrogen) atoms. The molecule has 0 N–H and O–H groups in total. The average molecular weight is 496 g/mol. The predicted octanol–water partition coefficient (Wildman–Crippen LogP) is 0.449. The van der Waals surface area contributed by atoms with Gasteiger partial charge in [0.25, 0.3) is 0 Å². The molecule has 4 heterocycles. The molecule has 0 unspecified atom stereocenters. The molecule has 12 nitrogen and oxygen atoms in total. The van der Waals surface area contributed by atoms with Crippen molar-refractivity contribution >= 4 is 15.9 Å². The van der Waals surface area contributed by atoms with E-state index in [1.807, 2.05) is 13.8 Å². The van der Waals surface area contributed by atoms with Crippen molar-refractivity contribution in [3.8, 4) is 0 Å². The Bertz CT molecular complexity index is 1080. The van der Waals surface area contributed by atoms with Crippen molar-refractivity contribution in [3.63, 3.8) is 0 Å². The molecular weight excluding hydrogens is 462 g/mol. The van der Waals surface area contributed by atoms with E-state index >= 15 is 0 Å². The van der Waals surface area contributed by atoms with Crippen LogP contribution in [-0.4, -0.2) is 108 Å². The van der Waals surface area contributed by atoms with E-state index in [9.17, 15) is 13.2 Å². The molecule has 0 aromatic carbocycles. The van der Waals surface area contributed by atoms with E-state index in [-0.39, 0.29) is 35.6 Å². The molecule has 0 spiro atoms. The second kappa shape index (κ2) is 10.1. The van der Waals surface area contributed by atoms with E-state index in [4.69, 9.17) is 9.05 Å². The maximum absolute atomic E-state index is 13.0. The van der Waals surface area contributed by atoms with Gasteiger partial charge >= 0.3 is 0 Å². The number of aryl methyl sites for hydroxylation is 2. The molecule has 0 saturated carbocycles. The third-order valence-corrected chi connectivity index (χ3v) is 8.48. The van der Waals surface area contributed by atoms with Gasteiger partial charge in [0.05, 0.1) is 13.1 Å². The Labute approximate surface area is 199 Å². The second-order valence-electron chi connectivity index (χ2n) is 9.19. The Morgan fingerprint density at radius 2 is 1.59 bits per heavy atom. The van der Waals surface area contributed by atoms with Crippen molar-refractivity contribution in [2.45, 2.75) is 45.1 Å². The van der Waals surface area contributed by atoms with E-state index in [0.29, 0.717) is 37.8 Å². The summed E-state index contributed by atoms with van der Waals surface area (Å²) in [6, 6.07) is 0. The van der Waals surface area contributed by atoms with Crippen molar-refractivity contribution < 1.29 is 22.3 Å². The summed E-state index contributed by atoms with van der Waals surface area (Å²) in [7, 11) is -3.69. The summed E-state index contributed by atoms with van der Waals surface area (Å²) in [6.45, 7) is 12.7. The standard InChI is InChI=1S/C21H33N7O5S/c1-15(2)21-22-18(33-24-21)13-25-5-7-26(8-6-25)14-19(29)27-9-11-28(12-10-27)34(30,31)20-16(3)23-32-17(20)4/h15H,5-14H2,1-4H3. The van der Waals surface area contributed by atoms with Crippen LogP contribution in [-0.2, 0) is 21.4 Å². The SMILES string of the molecule is Cc1noc(C)c1S(=O)(=O)N1CCN(C(=O)CN2CCN(Cc3nc(C(C)C)no3)CC2)CC1. The van der Waals surface area contributed by atoms with Gasteiger partial charge in [0.1, 0.15) is 10.6 Å². The summed E-state index contributed by atoms with van der Waals surface area (Å²) in [4.78, 5) is 23.5. The number of nitrogens with zero attached hydrogens (tertiary/aromatic N) is 7. The fourth-order valence-corrected chi connectivity index (χ4v) is 6.02. The lowest BCUT2D eigenvalue weighted by atomic mass is 10.2. The van der Waals surface area contributed by atoms with E-state index in [0.717, 1.165) is 32.0 Å². The summed E-state index contributed by atoms with van der Waals surface area (Å²) in [5, 5.41) is 7.76. The van der Waals surface area contributed by atoms with Gasteiger partial charge in [-0.3, -0.25) is 14.6 Å². The summed E-state index contributed by atoms with van der Waals surface area (Å²) in [5.41, 5.74) is 0.356. The van der Waals surface area contributed by atoms with Gasteiger partial charge in [-0.25, -0.2) is 8.42 Å². The highest BCUT2D eigenvalue weighted by atomic mass is 32.2. The van der Waals surface area contributed by atoms with Gasteiger partial charge in [-0.15, -0.1) is 0 Å². The van der Waals surface area contributed by atoms with Crippen molar-refractivity contribution in [2.24, 2.45) is 0 Å². The minimum absolute atomic E-state index is 0.0290. The van der Waals surface area contributed by atoms with Gasteiger partial charge in [-0.05, 0) is 13.8 Å². The zero-order chi connectivity index (χ0) is 24.5. The highest BCUT2D eigenvalue weighted by molar-refractivity contribution is 7.89. The molecule has 2 saturated heterocycles. The van der Waals surface area contributed by atoms with Gasteiger partial charge in [0.2, 0.25) is 21.8 Å². The fourth-order valence-electron chi connectivity index (χ4n) is 4.30. The van der Waals surface area contributed by atoms with Crippen LogP contribution >= 0.6 is 0 Å². The van der Waals surface area contributed by atoms with E-state index in [1.165, 1.54) is 4.31 Å². The maximum Gasteiger partial charge on any atom is 0.248 e.